The summed E-state index contributed by atoms with van der Waals surface area (Å²) < 4.78 is 91.8. The van der Waals surface area contributed by atoms with E-state index in [1.807, 2.05) is 4.72 Å². The Balaban J connectivity index is 1.70. The molecule has 0 fully saturated rings. The number of carbonyl (C=O) groups is 1. The van der Waals surface area contributed by atoms with Crippen molar-refractivity contribution >= 4 is 32.5 Å². The van der Waals surface area contributed by atoms with Crippen LogP contribution in [0.5, 0.6) is 5.88 Å². The Labute approximate surface area is 223 Å². The fraction of sp³-hybridized carbons (Fsp3) is 0.208. The minimum Gasteiger partial charge on any atom is -0.480 e. The molecule has 4 rings (SSSR count). The van der Waals surface area contributed by atoms with Gasteiger partial charge in [0.25, 0.3) is 15.9 Å². The number of aromatic amines is 1. The number of halogens is 4. The summed E-state index contributed by atoms with van der Waals surface area (Å²) in [6, 6.07) is 4.22. The second-order valence-corrected chi connectivity index (χ2v) is 10.0. The maximum Gasteiger partial charge on any atom is 0.272 e. The fourth-order valence-corrected chi connectivity index (χ4v) is 4.97. The number of amides is 1. The van der Waals surface area contributed by atoms with Crippen LogP contribution in [-0.4, -0.2) is 66.1 Å². The Bertz CT molecular complexity index is 1700. The topological polar surface area (TPSA) is 167 Å². The van der Waals surface area contributed by atoms with E-state index in [1.54, 1.807) is 0 Å². The number of methoxy groups -OCH3 is 1. The van der Waals surface area contributed by atoms with Crippen LogP contribution in [0.1, 0.15) is 16.9 Å². The minimum atomic E-state index is -4.70. The summed E-state index contributed by atoms with van der Waals surface area (Å²) in [5.41, 5.74) is -2.92. The molecule has 2 heterocycles. The van der Waals surface area contributed by atoms with Crippen LogP contribution in [0.3, 0.4) is 0 Å². The number of anilines is 1. The van der Waals surface area contributed by atoms with Gasteiger partial charge in [0.05, 0.1) is 37.3 Å². The SMILES string of the molecule is COc1ncc(F)cc1S(=O)(=O)Nc1ccc(F)c(-c2ccc3c(C(=O)NCC[C@H](O)CO)n[nH]c3c2F)c1F. The number of fused-ring (bicyclic) bond motifs is 1. The first-order valence-electron chi connectivity index (χ1n) is 11.4. The maximum absolute atomic E-state index is 15.5. The lowest BCUT2D eigenvalue weighted by molar-refractivity contribution is 0.0832. The number of hydrogen-bond acceptors (Lipinski definition) is 8. The highest BCUT2D eigenvalue weighted by molar-refractivity contribution is 7.92. The molecule has 0 bridgehead atoms. The predicted molar refractivity (Wildman–Crippen MR) is 133 cm³/mol. The first-order valence-corrected chi connectivity index (χ1v) is 12.9. The monoisotopic (exact) mass is 583 g/mol. The van der Waals surface area contributed by atoms with Crippen molar-refractivity contribution in [2.75, 3.05) is 25.0 Å². The quantitative estimate of drug-likeness (QED) is 0.178. The van der Waals surface area contributed by atoms with Gasteiger partial charge in [0.1, 0.15) is 17.2 Å². The Hall–Kier alpha value is -4.28. The number of ether oxygens (including phenoxy) is 1. The highest BCUT2D eigenvalue weighted by Crippen LogP contribution is 2.36. The van der Waals surface area contributed by atoms with E-state index in [0.29, 0.717) is 18.3 Å². The average Bonchev–Trinajstić information content (AvgIpc) is 3.36. The number of sulfonamides is 1. The Morgan fingerprint density at radius 2 is 1.90 bits per heavy atom. The molecular weight excluding hydrogens is 562 g/mol. The molecule has 2 aromatic carbocycles. The van der Waals surface area contributed by atoms with Crippen molar-refractivity contribution in [2.45, 2.75) is 17.4 Å². The van der Waals surface area contributed by atoms with Crippen LogP contribution in [0.4, 0.5) is 23.2 Å². The molecule has 11 nitrogen and oxygen atoms in total. The lowest BCUT2D eigenvalue weighted by atomic mass is 10.0. The zero-order valence-electron chi connectivity index (χ0n) is 20.5. The van der Waals surface area contributed by atoms with E-state index in [1.165, 1.54) is 6.07 Å². The van der Waals surface area contributed by atoms with Gasteiger partial charge in [-0.2, -0.15) is 5.10 Å². The number of H-pyrrole nitrogens is 1. The number of carbonyl (C=O) groups excluding carboxylic acids is 1. The van der Waals surface area contributed by atoms with E-state index >= 15 is 8.78 Å². The standard InChI is InChI=1S/C24H21F4N5O6S/c1-39-24-17(8-11(25)9-30-24)40(37,38)33-16-5-4-15(26)18(20(16)28)13-2-3-14-21(19(13)27)31-32-22(14)23(36)29-7-6-12(35)10-34/h2-5,8-9,12,33-35H,6-7,10H2,1H3,(H,29,36)(H,31,32)/t12-/m0/s1. The van der Waals surface area contributed by atoms with Gasteiger partial charge in [-0.05, 0) is 24.6 Å². The Kier molecular flexibility index (Phi) is 8.22. The van der Waals surface area contributed by atoms with Crippen molar-refractivity contribution < 1.29 is 45.7 Å². The molecule has 16 heteroatoms. The Morgan fingerprint density at radius 3 is 2.60 bits per heavy atom. The lowest BCUT2D eigenvalue weighted by Crippen LogP contribution is -2.28. The normalized spacial score (nSPS) is 12.4. The molecule has 0 aliphatic rings. The number of aliphatic hydroxyl groups excluding tert-OH is 2. The van der Waals surface area contributed by atoms with E-state index in [9.17, 15) is 27.1 Å². The highest BCUT2D eigenvalue weighted by Gasteiger charge is 2.27. The van der Waals surface area contributed by atoms with Crippen LogP contribution in [0, 0.1) is 23.3 Å². The van der Waals surface area contributed by atoms with Crippen LogP contribution >= 0.6 is 0 Å². The first kappa shape index (κ1) is 28.7. The number of aromatic nitrogens is 3. The van der Waals surface area contributed by atoms with E-state index in [2.05, 4.69) is 20.5 Å². The van der Waals surface area contributed by atoms with Gasteiger partial charge >= 0.3 is 0 Å². The minimum absolute atomic E-state index is 0.0217. The Morgan fingerprint density at radius 1 is 1.15 bits per heavy atom. The smallest absolute Gasteiger partial charge is 0.272 e. The predicted octanol–water partition coefficient (Wildman–Crippen LogP) is 2.46. The molecule has 4 aromatic rings. The van der Waals surface area contributed by atoms with Crippen LogP contribution in [0.25, 0.3) is 22.0 Å². The molecule has 0 saturated carbocycles. The van der Waals surface area contributed by atoms with Crippen molar-refractivity contribution in [3.05, 3.63) is 65.5 Å². The van der Waals surface area contributed by atoms with E-state index in [-0.39, 0.29) is 29.6 Å². The van der Waals surface area contributed by atoms with Gasteiger partial charge in [-0.15, -0.1) is 0 Å². The van der Waals surface area contributed by atoms with Gasteiger partial charge in [-0.25, -0.2) is 31.0 Å². The van der Waals surface area contributed by atoms with Crippen LogP contribution in [0.2, 0.25) is 0 Å². The molecule has 1 amide bonds. The maximum atomic E-state index is 15.5. The molecule has 0 spiro atoms. The molecule has 0 aliphatic carbocycles. The van der Waals surface area contributed by atoms with E-state index in [4.69, 9.17) is 9.84 Å². The van der Waals surface area contributed by atoms with Gasteiger partial charge in [0.15, 0.2) is 22.2 Å². The second kappa shape index (κ2) is 11.4. The lowest BCUT2D eigenvalue weighted by Gasteiger charge is -2.14. The third kappa shape index (κ3) is 5.54. The number of aliphatic hydroxyl groups is 2. The summed E-state index contributed by atoms with van der Waals surface area (Å²) in [5, 5.41) is 26.7. The van der Waals surface area contributed by atoms with Crippen molar-refractivity contribution in [1.29, 1.82) is 0 Å². The molecule has 2 aromatic heterocycles. The van der Waals surface area contributed by atoms with Gasteiger partial charge in [-0.1, -0.05) is 6.07 Å². The van der Waals surface area contributed by atoms with Crippen molar-refractivity contribution in [3.63, 3.8) is 0 Å². The van der Waals surface area contributed by atoms with Crippen LogP contribution in [0.15, 0.2) is 41.4 Å². The summed E-state index contributed by atoms with van der Waals surface area (Å²) in [4.78, 5) is 15.2. The first-order chi connectivity index (χ1) is 19.0. The average molecular weight is 584 g/mol. The highest BCUT2D eigenvalue weighted by atomic mass is 32.2. The number of benzene rings is 2. The fourth-order valence-electron chi connectivity index (χ4n) is 3.78. The summed E-state index contributed by atoms with van der Waals surface area (Å²) in [5.74, 6) is -6.15. The number of hydrogen-bond donors (Lipinski definition) is 5. The zero-order chi connectivity index (χ0) is 29.2. The van der Waals surface area contributed by atoms with Gasteiger partial charge in [0, 0.05) is 23.6 Å². The van der Waals surface area contributed by atoms with Gasteiger partial charge in [-0.3, -0.25) is 14.6 Å². The third-order valence-corrected chi connectivity index (χ3v) is 7.10. The number of rotatable bonds is 10. The summed E-state index contributed by atoms with van der Waals surface area (Å²) in [7, 11) is -3.62. The molecule has 40 heavy (non-hydrogen) atoms. The molecular formula is C24H21F4N5O6S. The summed E-state index contributed by atoms with van der Waals surface area (Å²) in [6.45, 7) is -0.521. The molecule has 0 unspecified atom stereocenters. The number of pyridine rings is 1. The summed E-state index contributed by atoms with van der Waals surface area (Å²) in [6.07, 6.45) is -0.294. The molecule has 0 radical (unpaired) electrons. The van der Waals surface area contributed by atoms with Crippen molar-refractivity contribution in [2.24, 2.45) is 0 Å². The molecule has 0 saturated heterocycles. The van der Waals surface area contributed by atoms with Crippen molar-refractivity contribution in [3.8, 4) is 17.0 Å². The van der Waals surface area contributed by atoms with E-state index < -0.39 is 79.5 Å². The van der Waals surface area contributed by atoms with Crippen LogP contribution in [-0.2, 0) is 10.0 Å². The molecule has 1 atom stereocenters. The third-order valence-electron chi connectivity index (χ3n) is 5.74. The molecule has 212 valence electrons. The van der Waals surface area contributed by atoms with E-state index in [0.717, 1.165) is 19.2 Å². The van der Waals surface area contributed by atoms with Crippen molar-refractivity contribution in [1.82, 2.24) is 20.5 Å². The molecule has 5 N–H and O–H groups in total. The summed E-state index contributed by atoms with van der Waals surface area (Å²) >= 11 is 0. The number of nitrogens with one attached hydrogen (secondary N) is 3. The zero-order valence-corrected chi connectivity index (χ0v) is 21.3. The second-order valence-electron chi connectivity index (χ2n) is 8.35. The number of nitrogens with zero attached hydrogens (tertiary/aromatic N) is 2. The van der Waals surface area contributed by atoms with Crippen LogP contribution < -0.4 is 14.8 Å². The largest absolute Gasteiger partial charge is 0.480 e. The van der Waals surface area contributed by atoms with Gasteiger partial charge in [0.2, 0.25) is 5.88 Å². The molecule has 0 aliphatic heterocycles. The van der Waals surface area contributed by atoms with Gasteiger partial charge < -0.3 is 20.3 Å².